The summed E-state index contributed by atoms with van der Waals surface area (Å²) in [7, 11) is 0. The number of hydrogen-bond donors (Lipinski definition) is 2. The molecule has 3 rings (SSSR count). The van der Waals surface area contributed by atoms with Gasteiger partial charge in [0.2, 0.25) is 0 Å². The van der Waals surface area contributed by atoms with Gasteiger partial charge in [0.25, 0.3) is 0 Å². The molecule has 4 nitrogen and oxygen atoms in total. The minimum atomic E-state index is -0.320. The van der Waals surface area contributed by atoms with E-state index in [9.17, 15) is 4.79 Å². The second-order valence-electron chi connectivity index (χ2n) is 6.17. The van der Waals surface area contributed by atoms with Crippen LogP contribution in [-0.4, -0.2) is 18.7 Å². The lowest BCUT2D eigenvalue weighted by Crippen LogP contribution is -2.48. The van der Waals surface area contributed by atoms with Crippen LogP contribution in [0, 0.1) is 11.3 Å². The number of ether oxygens (including phenoxy) is 1. The van der Waals surface area contributed by atoms with Gasteiger partial charge in [-0.2, -0.15) is 0 Å². The number of carbonyl (C=O) groups is 1. The first-order valence-electron chi connectivity index (χ1n) is 7.39. The van der Waals surface area contributed by atoms with Crippen LogP contribution in [0.15, 0.2) is 30.3 Å². The summed E-state index contributed by atoms with van der Waals surface area (Å²) in [6.07, 6.45) is 4.29. The fourth-order valence-electron chi connectivity index (χ4n) is 3.82. The molecule has 0 heterocycles. The topological polar surface area (TPSA) is 64.3 Å². The number of alkyl carbamates (subject to hydrolysis) is 1. The average Bonchev–Trinajstić information content (AvgIpc) is 3.05. The van der Waals surface area contributed by atoms with Crippen molar-refractivity contribution >= 4 is 6.09 Å². The van der Waals surface area contributed by atoms with E-state index >= 15 is 0 Å². The molecule has 4 heteroatoms. The Morgan fingerprint density at radius 3 is 2.90 bits per heavy atom. The summed E-state index contributed by atoms with van der Waals surface area (Å²) in [6, 6.07) is 9.92. The van der Waals surface area contributed by atoms with Gasteiger partial charge in [0.1, 0.15) is 6.61 Å². The minimum Gasteiger partial charge on any atom is -0.445 e. The van der Waals surface area contributed by atoms with Crippen molar-refractivity contribution in [2.75, 3.05) is 6.54 Å². The molecule has 20 heavy (non-hydrogen) atoms. The predicted molar refractivity (Wildman–Crippen MR) is 77.0 cm³/mol. The summed E-state index contributed by atoms with van der Waals surface area (Å²) in [5, 5.41) is 3.03. The van der Waals surface area contributed by atoms with Crippen LogP contribution in [0.25, 0.3) is 0 Å². The number of benzene rings is 1. The van der Waals surface area contributed by atoms with E-state index in [2.05, 4.69) is 5.32 Å². The fourth-order valence-corrected chi connectivity index (χ4v) is 3.82. The summed E-state index contributed by atoms with van der Waals surface area (Å²) in [4.78, 5) is 11.9. The van der Waals surface area contributed by atoms with Crippen LogP contribution >= 0.6 is 0 Å². The van der Waals surface area contributed by atoms with Gasteiger partial charge in [-0.05, 0) is 43.7 Å². The molecule has 0 aliphatic heterocycles. The third-order valence-electron chi connectivity index (χ3n) is 4.97. The van der Waals surface area contributed by atoms with Crippen molar-refractivity contribution in [2.45, 2.75) is 38.3 Å². The van der Waals surface area contributed by atoms with Gasteiger partial charge in [-0.15, -0.1) is 0 Å². The maximum absolute atomic E-state index is 11.9. The molecule has 2 bridgehead atoms. The molecule has 108 valence electrons. The molecule has 3 N–H and O–H groups in total. The van der Waals surface area contributed by atoms with Crippen LogP contribution in [0.4, 0.5) is 4.79 Å². The molecule has 2 saturated carbocycles. The van der Waals surface area contributed by atoms with Crippen LogP contribution in [0.5, 0.6) is 0 Å². The molecule has 2 fully saturated rings. The number of nitrogens with two attached hydrogens (primary N) is 1. The van der Waals surface area contributed by atoms with Gasteiger partial charge in [0, 0.05) is 11.5 Å². The average molecular weight is 274 g/mol. The van der Waals surface area contributed by atoms with E-state index in [1.54, 1.807) is 0 Å². The number of hydrogen-bond acceptors (Lipinski definition) is 3. The highest BCUT2D eigenvalue weighted by Crippen LogP contribution is 2.53. The first kappa shape index (κ1) is 13.4. The van der Waals surface area contributed by atoms with E-state index in [1.165, 1.54) is 6.42 Å². The molecule has 1 amide bonds. The molecule has 1 aromatic carbocycles. The van der Waals surface area contributed by atoms with Crippen molar-refractivity contribution in [1.29, 1.82) is 0 Å². The molecule has 0 radical (unpaired) electrons. The Labute approximate surface area is 119 Å². The summed E-state index contributed by atoms with van der Waals surface area (Å²) in [6.45, 7) is 0.978. The zero-order valence-electron chi connectivity index (χ0n) is 11.7. The number of fused-ring (bicyclic) bond motifs is 2. The predicted octanol–water partition coefficient (Wildman–Crippen LogP) is 2.43. The van der Waals surface area contributed by atoms with Gasteiger partial charge >= 0.3 is 6.09 Å². The van der Waals surface area contributed by atoms with Gasteiger partial charge in [-0.3, -0.25) is 0 Å². The lowest BCUT2D eigenvalue weighted by atomic mass is 9.80. The Balaban J connectivity index is 1.52. The van der Waals surface area contributed by atoms with Crippen molar-refractivity contribution in [2.24, 2.45) is 17.1 Å². The van der Waals surface area contributed by atoms with Gasteiger partial charge in [0.05, 0.1) is 0 Å². The van der Waals surface area contributed by atoms with E-state index in [-0.39, 0.29) is 17.6 Å². The molecule has 1 aromatic rings. The molecule has 0 aromatic heterocycles. The molecule has 2 aliphatic carbocycles. The normalized spacial score (nSPS) is 31.2. The number of amides is 1. The molecule has 0 saturated heterocycles. The fraction of sp³-hybridized carbons (Fsp3) is 0.562. The minimum absolute atomic E-state index is 0.121. The second kappa shape index (κ2) is 5.44. The highest BCUT2D eigenvalue weighted by Gasteiger charge is 2.51. The molecule has 3 unspecified atom stereocenters. The van der Waals surface area contributed by atoms with Gasteiger partial charge in [-0.25, -0.2) is 4.79 Å². The Morgan fingerprint density at radius 2 is 2.20 bits per heavy atom. The summed E-state index contributed by atoms with van der Waals surface area (Å²) >= 11 is 0. The van der Waals surface area contributed by atoms with E-state index < -0.39 is 0 Å². The van der Waals surface area contributed by atoms with Crippen molar-refractivity contribution in [3.8, 4) is 0 Å². The summed E-state index contributed by atoms with van der Waals surface area (Å²) in [5.41, 5.74) is 7.07. The SMILES string of the molecule is NCC12CCC(CC1NC(=O)OCc1ccccc1)C2. The highest BCUT2D eigenvalue weighted by atomic mass is 16.5. The third-order valence-corrected chi connectivity index (χ3v) is 4.97. The maximum Gasteiger partial charge on any atom is 0.407 e. The van der Waals surface area contributed by atoms with Crippen LogP contribution < -0.4 is 11.1 Å². The van der Waals surface area contributed by atoms with E-state index in [4.69, 9.17) is 10.5 Å². The third kappa shape index (κ3) is 2.52. The maximum atomic E-state index is 11.9. The molecule has 3 atom stereocenters. The first-order valence-corrected chi connectivity index (χ1v) is 7.39. The standard InChI is InChI=1S/C16H22N2O2/c17-11-16-7-6-13(9-16)8-14(16)18-15(19)20-10-12-4-2-1-3-5-12/h1-5,13-14H,6-11,17H2,(H,18,19). The quantitative estimate of drug-likeness (QED) is 0.886. The molecular weight excluding hydrogens is 252 g/mol. The van der Waals surface area contributed by atoms with Crippen LogP contribution in [0.2, 0.25) is 0 Å². The zero-order chi connectivity index (χ0) is 14.0. The van der Waals surface area contributed by atoms with Crippen molar-refractivity contribution in [3.63, 3.8) is 0 Å². The largest absolute Gasteiger partial charge is 0.445 e. The van der Waals surface area contributed by atoms with Gasteiger partial charge < -0.3 is 15.8 Å². The van der Waals surface area contributed by atoms with Gasteiger partial charge in [-0.1, -0.05) is 30.3 Å². The van der Waals surface area contributed by atoms with Crippen molar-refractivity contribution < 1.29 is 9.53 Å². The van der Waals surface area contributed by atoms with Crippen LogP contribution in [0.1, 0.15) is 31.2 Å². The smallest absolute Gasteiger partial charge is 0.407 e. The Kier molecular flexibility index (Phi) is 3.66. The zero-order valence-corrected chi connectivity index (χ0v) is 11.7. The monoisotopic (exact) mass is 274 g/mol. The van der Waals surface area contributed by atoms with E-state index in [0.717, 1.165) is 30.7 Å². The number of rotatable bonds is 4. The Bertz CT molecular complexity index is 477. The van der Waals surface area contributed by atoms with Gasteiger partial charge in [0.15, 0.2) is 0 Å². The van der Waals surface area contributed by atoms with Crippen molar-refractivity contribution in [1.82, 2.24) is 5.32 Å². The highest BCUT2D eigenvalue weighted by molar-refractivity contribution is 5.67. The lowest BCUT2D eigenvalue weighted by molar-refractivity contribution is 0.122. The van der Waals surface area contributed by atoms with E-state index in [0.29, 0.717) is 13.2 Å². The first-order chi connectivity index (χ1) is 9.72. The molecule has 0 spiro atoms. The Morgan fingerprint density at radius 1 is 1.40 bits per heavy atom. The van der Waals surface area contributed by atoms with E-state index in [1.807, 2.05) is 30.3 Å². The van der Waals surface area contributed by atoms with Crippen molar-refractivity contribution in [3.05, 3.63) is 35.9 Å². The summed E-state index contributed by atoms with van der Waals surface area (Å²) < 4.78 is 5.30. The molecular formula is C16H22N2O2. The Hall–Kier alpha value is -1.55. The van der Waals surface area contributed by atoms with Crippen LogP contribution in [-0.2, 0) is 11.3 Å². The second-order valence-corrected chi connectivity index (χ2v) is 6.17. The molecule has 2 aliphatic rings. The number of carbonyl (C=O) groups excluding carboxylic acids is 1. The van der Waals surface area contributed by atoms with Crippen LogP contribution in [0.3, 0.4) is 0 Å². The number of nitrogens with one attached hydrogen (secondary N) is 1. The summed E-state index contributed by atoms with van der Waals surface area (Å²) in [5.74, 6) is 0.734. The lowest BCUT2D eigenvalue weighted by Gasteiger charge is -2.34.